The number of carbonyl (C=O) groups excluding carboxylic acids is 2. The summed E-state index contributed by atoms with van der Waals surface area (Å²) >= 11 is 0. The van der Waals surface area contributed by atoms with Crippen LogP contribution in [0.2, 0.25) is 0 Å². The minimum Gasteiger partial charge on any atom is -0.444 e. The Balaban J connectivity index is 1.56. The largest absolute Gasteiger partial charge is 0.573 e. The molecule has 0 radical (unpaired) electrons. The lowest BCUT2D eigenvalue weighted by Gasteiger charge is -2.33. The van der Waals surface area contributed by atoms with Crippen LogP contribution in [0.25, 0.3) is 0 Å². The van der Waals surface area contributed by atoms with Crippen LogP contribution in [0.5, 0.6) is 5.75 Å². The van der Waals surface area contributed by atoms with Crippen LogP contribution in [-0.4, -0.2) is 51.9 Å². The van der Waals surface area contributed by atoms with Crippen LogP contribution in [0.1, 0.15) is 67.5 Å². The third kappa shape index (κ3) is 10.2. The number of aryl methyl sites for hydroxylation is 2. The van der Waals surface area contributed by atoms with Crippen molar-refractivity contribution in [3.63, 3.8) is 0 Å². The standard InChI is InChI=1S/C32H35F6N5O4/c1-30(2,3)47-29(45)43-14-12-20(13-15-43)22-9-11-25(26(16-22)46-32(36,37)38)42-28-40-18-23(31(33,34)35)24(41-28)10-8-19-6-4-5-7-21(19)17-27(39)44/h4-7,9,11,16,18,20H,8,10,12-15,17H2,1-3H3,(H2,39,44)(H,40,41,42). The zero-order valence-electron chi connectivity index (χ0n) is 26.0. The molecule has 0 aliphatic carbocycles. The van der Waals surface area contributed by atoms with E-state index in [2.05, 4.69) is 20.0 Å². The maximum atomic E-state index is 13.9. The number of hydrogen-bond acceptors (Lipinski definition) is 7. The van der Waals surface area contributed by atoms with Crippen molar-refractivity contribution >= 4 is 23.6 Å². The van der Waals surface area contributed by atoms with Crippen molar-refractivity contribution in [3.8, 4) is 5.75 Å². The van der Waals surface area contributed by atoms with Crippen molar-refractivity contribution in [1.29, 1.82) is 0 Å². The Hall–Kier alpha value is -4.56. The molecule has 3 N–H and O–H groups in total. The predicted octanol–water partition coefficient (Wildman–Crippen LogP) is 7.07. The number of amides is 2. The number of aromatic nitrogens is 2. The molecule has 1 aliphatic rings. The third-order valence-electron chi connectivity index (χ3n) is 7.38. The molecule has 3 aromatic rings. The van der Waals surface area contributed by atoms with Gasteiger partial charge in [-0.15, -0.1) is 13.2 Å². The van der Waals surface area contributed by atoms with Gasteiger partial charge in [0, 0.05) is 19.3 Å². The number of piperidine rings is 1. The number of nitrogens with zero attached hydrogens (tertiary/aromatic N) is 3. The van der Waals surface area contributed by atoms with E-state index in [1.54, 1.807) is 56.0 Å². The molecule has 2 amide bonds. The van der Waals surface area contributed by atoms with Crippen molar-refractivity contribution in [2.24, 2.45) is 5.73 Å². The highest BCUT2D eigenvalue weighted by Crippen LogP contribution is 2.38. The molecule has 0 spiro atoms. The molecular formula is C32H35F6N5O4. The highest BCUT2D eigenvalue weighted by Gasteiger charge is 2.36. The molecule has 1 aromatic heterocycles. The number of benzene rings is 2. The van der Waals surface area contributed by atoms with Crippen molar-refractivity contribution in [2.75, 3.05) is 18.4 Å². The lowest BCUT2D eigenvalue weighted by Crippen LogP contribution is -2.41. The minimum absolute atomic E-state index is 0.0763. The maximum Gasteiger partial charge on any atom is 0.573 e. The van der Waals surface area contributed by atoms with Crippen molar-refractivity contribution in [1.82, 2.24) is 14.9 Å². The Bertz CT molecular complexity index is 1580. The van der Waals surface area contributed by atoms with Gasteiger partial charge in [0.1, 0.15) is 5.60 Å². The number of likely N-dealkylation sites (tertiary alicyclic amines) is 1. The number of hydrogen-bond donors (Lipinski definition) is 2. The van der Waals surface area contributed by atoms with Gasteiger partial charge < -0.3 is 25.4 Å². The Morgan fingerprint density at radius 3 is 2.23 bits per heavy atom. The summed E-state index contributed by atoms with van der Waals surface area (Å²) in [6, 6.07) is 10.8. The molecule has 9 nitrogen and oxygen atoms in total. The second-order valence-electron chi connectivity index (χ2n) is 12.1. The number of carbonyl (C=O) groups is 2. The van der Waals surface area contributed by atoms with Crippen LogP contribution in [0.15, 0.2) is 48.7 Å². The van der Waals surface area contributed by atoms with E-state index in [4.69, 9.17) is 10.5 Å². The number of halogens is 6. The van der Waals surface area contributed by atoms with Crippen molar-refractivity contribution in [2.45, 2.75) is 76.9 Å². The quantitative estimate of drug-likeness (QED) is 0.235. The zero-order chi connectivity index (χ0) is 34.6. The molecule has 15 heteroatoms. The van der Waals surface area contributed by atoms with Gasteiger partial charge in [-0.25, -0.2) is 14.8 Å². The van der Waals surface area contributed by atoms with Gasteiger partial charge in [-0.2, -0.15) is 13.2 Å². The van der Waals surface area contributed by atoms with Gasteiger partial charge in [0.15, 0.2) is 5.75 Å². The Labute approximate surface area is 267 Å². The molecule has 47 heavy (non-hydrogen) atoms. The first-order chi connectivity index (χ1) is 21.9. The molecule has 1 fully saturated rings. The van der Waals surface area contributed by atoms with Gasteiger partial charge in [0.25, 0.3) is 0 Å². The molecule has 254 valence electrons. The maximum absolute atomic E-state index is 13.9. The molecule has 2 heterocycles. The van der Waals surface area contributed by atoms with Gasteiger partial charge in [0.2, 0.25) is 11.9 Å². The van der Waals surface area contributed by atoms with E-state index in [1.165, 1.54) is 12.1 Å². The second-order valence-corrected chi connectivity index (χ2v) is 12.1. The second kappa shape index (κ2) is 14.1. The number of primary amides is 1. The van der Waals surface area contributed by atoms with E-state index in [0.29, 0.717) is 48.8 Å². The molecule has 4 rings (SSSR count). The summed E-state index contributed by atoms with van der Waals surface area (Å²) in [5, 5.41) is 2.58. The van der Waals surface area contributed by atoms with Gasteiger partial charge >= 0.3 is 18.6 Å². The molecular weight excluding hydrogens is 632 g/mol. The third-order valence-corrected chi connectivity index (χ3v) is 7.38. The van der Waals surface area contributed by atoms with Gasteiger partial charge in [-0.1, -0.05) is 30.3 Å². The minimum atomic E-state index is -5.07. The number of nitrogens with two attached hydrogens (primary N) is 1. The van der Waals surface area contributed by atoms with Gasteiger partial charge in [-0.05, 0) is 81.2 Å². The molecule has 1 saturated heterocycles. The fraction of sp³-hybridized carbons (Fsp3) is 0.438. The number of anilines is 2. The summed E-state index contributed by atoms with van der Waals surface area (Å²) in [6.07, 6.45) is -9.08. The molecule has 0 unspecified atom stereocenters. The first-order valence-corrected chi connectivity index (χ1v) is 14.8. The average Bonchev–Trinajstić information content (AvgIpc) is 2.95. The molecule has 1 aliphatic heterocycles. The zero-order valence-corrected chi connectivity index (χ0v) is 26.0. The molecule has 0 bridgehead atoms. The fourth-order valence-corrected chi connectivity index (χ4v) is 5.27. The highest BCUT2D eigenvalue weighted by molar-refractivity contribution is 5.77. The van der Waals surface area contributed by atoms with Crippen molar-refractivity contribution < 1.29 is 45.4 Å². The summed E-state index contributed by atoms with van der Waals surface area (Å²) in [7, 11) is 0. The summed E-state index contributed by atoms with van der Waals surface area (Å²) in [5.41, 5.74) is 4.61. The Morgan fingerprint density at radius 1 is 0.979 bits per heavy atom. The molecule has 2 aromatic carbocycles. The number of ether oxygens (including phenoxy) is 2. The lowest BCUT2D eigenvalue weighted by atomic mass is 9.89. The first-order valence-electron chi connectivity index (χ1n) is 14.8. The monoisotopic (exact) mass is 667 g/mol. The first kappa shape index (κ1) is 35.3. The van der Waals surface area contributed by atoms with E-state index in [-0.39, 0.29) is 36.8 Å². The van der Waals surface area contributed by atoms with E-state index in [9.17, 15) is 35.9 Å². The van der Waals surface area contributed by atoms with Gasteiger partial charge in [0.05, 0.1) is 23.4 Å². The summed E-state index contributed by atoms with van der Waals surface area (Å²) < 4.78 is 91.6. The predicted molar refractivity (Wildman–Crippen MR) is 160 cm³/mol. The number of alkyl halides is 6. The topological polar surface area (TPSA) is 120 Å². The van der Waals surface area contributed by atoms with E-state index in [1.807, 2.05) is 0 Å². The van der Waals surface area contributed by atoms with E-state index >= 15 is 0 Å². The van der Waals surface area contributed by atoms with Crippen LogP contribution in [0, 0.1) is 0 Å². The summed E-state index contributed by atoms with van der Waals surface area (Å²) in [5.74, 6) is -1.78. The van der Waals surface area contributed by atoms with E-state index in [0.717, 1.165) is 0 Å². The fourth-order valence-electron chi connectivity index (χ4n) is 5.27. The van der Waals surface area contributed by atoms with Crippen molar-refractivity contribution in [3.05, 3.63) is 76.6 Å². The average molecular weight is 668 g/mol. The van der Waals surface area contributed by atoms with Crippen LogP contribution in [0.3, 0.4) is 0 Å². The SMILES string of the molecule is CC(C)(C)OC(=O)N1CCC(c2ccc(Nc3ncc(C(F)(F)F)c(CCc4ccccc4CC(N)=O)n3)c(OC(F)(F)F)c2)CC1. The van der Waals surface area contributed by atoms with E-state index < -0.39 is 47.1 Å². The molecule has 0 atom stereocenters. The van der Waals surface area contributed by atoms with Crippen LogP contribution in [0.4, 0.5) is 42.8 Å². The summed E-state index contributed by atoms with van der Waals surface area (Å²) in [6.45, 7) is 5.93. The summed E-state index contributed by atoms with van der Waals surface area (Å²) in [4.78, 5) is 33.1. The smallest absolute Gasteiger partial charge is 0.444 e. The molecule has 0 saturated carbocycles. The van der Waals surface area contributed by atoms with Crippen LogP contribution in [-0.2, 0) is 35.0 Å². The lowest BCUT2D eigenvalue weighted by molar-refractivity contribution is -0.274. The van der Waals surface area contributed by atoms with Gasteiger partial charge in [-0.3, -0.25) is 4.79 Å². The normalized spacial score (nSPS) is 14.5. The number of rotatable bonds is 9. The van der Waals surface area contributed by atoms with Crippen LogP contribution < -0.4 is 15.8 Å². The number of nitrogens with one attached hydrogen (secondary N) is 1. The Morgan fingerprint density at radius 2 is 1.64 bits per heavy atom. The Kier molecular flexibility index (Phi) is 10.6. The highest BCUT2D eigenvalue weighted by atomic mass is 19.4. The van der Waals surface area contributed by atoms with Crippen LogP contribution >= 0.6 is 0 Å².